The molecule has 1 aliphatic rings. The zero-order valence-electron chi connectivity index (χ0n) is 15.9. The molecular formula is C22H16N2O6. The molecule has 0 radical (unpaired) electrons. The fourth-order valence-corrected chi connectivity index (χ4v) is 3.34. The number of fused-ring (bicyclic) bond motifs is 2. The predicted molar refractivity (Wildman–Crippen MR) is 107 cm³/mol. The molecule has 0 unspecified atom stereocenters. The molecule has 1 aromatic heterocycles. The van der Waals surface area contributed by atoms with E-state index >= 15 is 0 Å². The summed E-state index contributed by atoms with van der Waals surface area (Å²) in [6.07, 6.45) is 3.24. The van der Waals surface area contributed by atoms with Gasteiger partial charge in [-0.2, -0.15) is 5.26 Å². The van der Waals surface area contributed by atoms with E-state index in [9.17, 15) is 14.7 Å². The highest BCUT2D eigenvalue weighted by Gasteiger charge is 2.28. The van der Waals surface area contributed by atoms with Crippen molar-refractivity contribution in [1.29, 1.82) is 5.26 Å². The number of allylic oxidation sites excluding steroid dienone is 1. The van der Waals surface area contributed by atoms with E-state index in [-0.39, 0.29) is 24.7 Å². The molecule has 150 valence electrons. The van der Waals surface area contributed by atoms with E-state index in [4.69, 9.17) is 19.5 Å². The molecule has 2 aromatic carbocycles. The van der Waals surface area contributed by atoms with Crippen molar-refractivity contribution in [3.63, 3.8) is 0 Å². The minimum Gasteiger partial charge on any atom is -0.497 e. The van der Waals surface area contributed by atoms with E-state index in [1.807, 2.05) is 6.07 Å². The molecule has 0 bridgehead atoms. The first kappa shape index (κ1) is 19.1. The molecular weight excluding hydrogens is 388 g/mol. The molecule has 8 nitrogen and oxygen atoms in total. The number of ether oxygens (including phenoxy) is 3. The van der Waals surface area contributed by atoms with Crippen LogP contribution in [0.5, 0.6) is 17.2 Å². The van der Waals surface area contributed by atoms with E-state index in [2.05, 4.69) is 0 Å². The van der Waals surface area contributed by atoms with Gasteiger partial charge < -0.3 is 23.9 Å². The quantitative estimate of drug-likeness (QED) is 0.628. The lowest BCUT2D eigenvalue weighted by atomic mass is 10.1. The van der Waals surface area contributed by atoms with E-state index in [1.165, 1.54) is 0 Å². The summed E-state index contributed by atoms with van der Waals surface area (Å²) in [6.45, 7) is -0.332. The number of benzene rings is 2. The van der Waals surface area contributed by atoms with Gasteiger partial charge in [-0.05, 0) is 36.4 Å². The van der Waals surface area contributed by atoms with Gasteiger partial charge in [-0.3, -0.25) is 9.59 Å². The van der Waals surface area contributed by atoms with Crippen LogP contribution in [0, 0.1) is 11.3 Å². The van der Waals surface area contributed by atoms with Gasteiger partial charge in [0.1, 0.15) is 29.9 Å². The molecule has 4 rings (SSSR count). The zero-order valence-corrected chi connectivity index (χ0v) is 15.9. The molecule has 1 aliphatic heterocycles. The number of rotatable bonds is 6. The zero-order chi connectivity index (χ0) is 21.3. The number of hydrogen-bond donors (Lipinski definition) is 1. The Kier molecular flexibility index (Phi) is 4.86. The van der Waals surface area contributed by atoms with Crippen LogP contribution >= 0.6 is 0 Å². The van der Waals surface area contributed by atoms with Gasteiger partial charge >= 0.3 is 5.97 Å². The molecule has 3 aromatic rings. The molecule has 0 fully saturated rings. The second-order valence-corrected chi connectivity index (χ2v) is 6.53. The molecule has 0 amide bonds. The largest absolute Gasteiger partial charge is 0.497 e. The van der Waals surface area contributed by atoms with Crippen molar-refractivity contribution in [3.8, 4) is 23.3 Å². The Morgan fingerprint density at radius 2 is 2.07 bits per heavy atom. The van der Waals surface area contributed by atoms with Gasteiger partial charge in [-0.1, -0.05) is 0 Å². The third-order valence-corrected chi connectivity index (χ3v) is 4.66. The van der Waals surface area contributed by atoms with Crippen molar-refractivity contribution in [2.75, 3.05) is 13.7 Å². The van der Waals surface area contributed by atoms with E-state index in [0.717, 1.165) is 5.39 Å². The number of carbonyl (C=O) groups is 2. The smallest absolute Gasteiger partial charge is 0.323 e. The molecule has 0 atom stereocenters. The second-order valence-electron chi connectivity index (χ2n) is 6.53. The fourth-order valence-electron chi connectivity index (χ4n) is 3.34. The highest BCUT2D eigenvalue weighted by molar-refractivity contribution is 6.15. The van der Waals surface area contributed by atoms with Crippen LogP contribution in [-0.2, 0) is 11.3 Å². The molecule has 0 spiro atoms. The highest BCUT2D eigenvalue weighted by Crippen LogP contribution is 2.36. The van der Waals surface area contributed by atoms with Crippen LogP contribution in [0.25, 0.3) is 17.0 Å². The maximum atomic E-state index is 12.8. The van der Waals surface area contributed by atoms with Gasteiger partial charge in [0.15, 0.2) is 12.4 Å². The van der Waals surface area contributed by atoms with Crippen molar-refractivity contribution in [2.45, 2.75) is 6.54 Å². The maximum absolute atomic E-state index is 12.8. The normalized spacial score (nSPS) is 13.7. The Morgan fingerprint density at radius 3 is 2.80 bits per heavy atom. The molecule has 0 aliphatic carbocycles. The number of Topliss-reactive ketones (excluding diaryl/α,β-unsaturated/α-hetero) is 1. The SMILES string of the molecule is COc1ccc2c(c1)c(/C=C1\Oc3cc(OCC#N)ccc3C1=O)cn2CC(=O)O. The van der Waals surface area contributed by atoms with Gasteiger partial charge in [0.25, 0.3) is 0 Å². The lowest BCUT2D eigenvalue weighted by Gasteiger charge is -2.03. The standard InChI is InChI=1S/C22H16N2O6/c1-28-14-3-5-18-17(9-14)13(11-24(18)12-21(25)26)8-20-22(27)16-4-2-15(29-7-6-23)10-19(16)30-20/h2-5,8-11H,7,12H2,1H3,(H,25,26)/b20-8-. The van der Waals surface area contributed by atoms with Crippen LogP contribution in [0.1, 0.15) is 15.9 Å². The van der Waals surface area contributed by atoms with Crippen LogP contribution in [0.3, 0.4) is 0 Å². The maximum Gasteiger partial charge on any atom is 0.323 e. The Morgan fingerprint density at radius 1 is 1.27 bits per heavy atom. The van der Waals surface area contributed by atoms with Gasteiger partial charge in [0, 0.05) is 28.7 Å². The Balaban J connectivity index is 1.74. The molecule has 2 heterocycles. The van der Waals surface area contributed by atoms with Crippen molar-refractivity contribution in [2.24, 2.45) is 0 Å². The number of ketones is 1. The number of nitrogens with zero attached hydrogens (tertiary/aromatic N) is 2. The van der Waals surface area contributed by atoms with E-state index in [0.29, 0.717) is 33.9 Å². The number of carbonyl (C=O) groups excluding carboxylic acids is 1. The van der Waals surface area contributed by atoms with Gasteiger partial charge in [-0.25, -0.2) is 0 Å². The number of nitriles is 1. The fraction of sp³-hybridized carbons (Fsp3) is 0.136. The summed E-state index contributed by atoms with van der Waals surface area (Å²) in [4.78, 5) is 24.0. The Bertz CT molecular complexity index is 1250. The monoisotopic (exact) mass is 404 g/mol. The first-order chi connectivity index (χ1) is 14.5. The van der Waals surface area contributed by atoms with Gasteiger partial charge in [0.2, 0.25) is 5.78 Å². The van der Waals surface area contributed by atoms with Gasteiger partial charge in [-0.15, -0.1) is 0 Å². The van der Waals surface area contributed by atoms with E-state index < -0.39 is 5.97 Å². The van der Waals surface area contributed by atoms with Crippen molar-refractivity contribution >= 4 is 28.7 Å². The molecule has 1 N–H and O–H groups in total. The van der Waals surface area contributed by atoms with Crippen LogP contribution in [-0.4, -0.2) is 35.1 Å². The number of hydrogen-bond acceptors (Lipinski definition) is 6. The Labute approximate surface area is 171 Å². The first-order valence-electron chi connectivity index (χ1n) is 8.97. The lowest BCUT2D eigenvalue weighted by molar-refractivity contribution is -0.137. The van der Waals surface area contributed by atoms with E-state index in [1.54, 1.807) is 60.3 Å². The van der Waals surface area contributed by atoms with Crippen LogP contribution in [0.4, 0.5) is 0 Å². The third kappa shape index (κ3) is 3.44. The topological polar surface area (TPSA) is 111 Å². The molecule has 8 heteroatoms. The summed E-state index contributed by atoms with van der Waals surface area (Å²) in [5, 5.41) is 18.6. The summed E-state index contributed by atoms with van der Waals surface area (Å²) in [6, 6.07) is 11.9. The molecule has 30 heavy (non-hydrogen) atoms. The number of carboxylic acids is 1. The number of carboxylic acid groups (broad SMARTS) is 1. The summed E-state index contributed by atoms with van der Waals surface area (Å²) in [5.41, 5.74) is 1.71. The van der Waals surface area contributed by atoms with Gasteiger partial charge in [0.05, 0.1) is 12.7 Å². The average molecular weight is 404 g/mol. The summed E-state index contributed by atoms with van der Waals surface area (Å²) < 4.78 is 17.8. The predicted octanol–water partition coefficient (Wildman–Crippen LogP) is 3.25. The minimum atomic E-state index is -0.979. The molecule has 0 saturated heterocycles. The van der Waals surface area contributed by atoms with Crippen molar-refractivity contribution in [1.82, 2.24) is 4.57 Å². The van der Waals surface area contributed by atoms with Crippen molar-refractivity contribution < 1.29 is 28.9 Å². The minimum absolute atomic E-state index is 0.111. The summed E-state index contributed by atoms with van der Waals surface area (Å²) in [5.74, 6) is 0.211. The number of methoxy groups -OCH3 is 1. The van der Waals surface area contributed by atoms with Crippen molar-refractivity contribution in [3.05, 3.63) is 59.5 Å². The first-order valence-corrected chi connectivity index (χ1v) is 8.97. The Hall–Kier alpha value is -4.25. The average Bonchev–Trinajstić information content (AvgIpc) is 3.23. The third-order valence-electron chi connectivity index (χ3n) is 4.66. The highest BCUT2D eigenvalue weighted by atomic mass is 16.5. The number of aliphatic carboxylic acids is 1. The lowest BCUT2D eigenvalue weighted by Crippen LogP contribution is -2.07. The van der Waals surface area contributed by atoms with Crippen LogP contribution < -0.4 is 14.2 Å². The van der Waals surface area contributed by atoms with Crippen LogP contribution in [0.2, 0.25) is 0 Å². The summed E-state index contributed by atoms with van der Waals surface area (Å²) >= 11 is 0. The molecule has 0 saturated carbocycles. The number of aromatic nitrogens is 1. The summed E-state index contributed by atoms with van der Waals surface area (Å²) in [7, 11) is 1.54. The second kappa shape index (κ2) is 7.64. The van der Waals surface area contributed by atoms with Crippen LogP contribution in [0.15, 0.2) is 48.4 Å².